The molecule has 0 radical (unpaired) electrons. The van der Waals surface area contributed by atoms with Crippen LogP contribution in [0, 0.1) is 16.7 Å². The van der Waals surface area contributed by atoms with Crippen LogP contribution in [0.1, 0.15) is 46.5 Å². The summed E-state index contributed by atoms with van der Waals surface area (Å²) in [6.45, 7) is 6.12. The van der Waals surface area contributed by atoms with Crippen molar-refractivity contribution >= 4 is 5.91 Å². The molecule has 0 spiro atoms. The summed E-state index contributed by atoms with van der Waals surface area (Å²) in [5, 5.41) is 9.11. The van der Waals surface area contributed by atoms with Crippen molar-refractivity contribution < 1.29 is 4.79 Å². The third kappa shape index (κ3) is 2.50. The topological polar surface area (TPSA) is 44.1 Å². The molecule has 1 aliphatic rings. The molecule has 0 aromatic heterocycles. The Kier molecular flexibility index (Phi) is 3.08. The van der Waals surface area contributed by atoms with Gasteiger partial charge in [0, 0.05) is 13.5 Å². The van der Waals surface area contributed by atoms with Gasteiger partial charge in [-0.05, 0) is 24.7 Å². The molecule has 0 aliphatic heterocycles. The molecule has 0 heterocycles. The fourth-order valence-electron chi connectivity index (χ4n) is 1.84. The Labute approximate surface area is 92.1 Å². The summed E-state index contributed by atoms with van der Waals surface area (Å²) in [6, 6.07) is 2.29. The summed E-state index contributed by atoms with van der Waals surface area (Å²) in [4.78, 5) is 13.6. The van der Waals surface area contributed by atoms with Crippen molar-refractivity contribution in [3.05, 3.63) is 0 Å². The van der Waals surface area contributed by atoms with Crippen LogP contribution in [0.25, 0.3) is 0 Å². The van der Waals surface area contributed by atoms with Gasteiger partial charge < -0.3 is 4.90 Å². The first-order chi connectivity index (χ1) is 6.81. The smallest absolute Gasteiger partial charge is 0.224 e. The number of carbonyl (C=O) groups is 1. The standard InChI is InChI=1S/C12H20N2O/c1-11(2,3)8-10(15)14(4)12(9-13)6-5-7-12/h5-8H2,1-4H3. The van der Waals surface area contributed by atoms with E-state index >= 15 is 0 Å². The van der Waals surface area contributed by atoms with Gasteiger partial charge in [-0.15, -0.1) is 0 Å². The lowest BCUT2D eigenvalue weighted by molar-refractivity contribution is -0.138. The Morgan fingerprint density at radius 3 is 2.27 bits per heavy atom. The minimum atomic E-state index is -0.498. The Morgan fingerprint density at radius 2 is 2.00 bits per heavy atom. The highest BCUT2D eigenvalue weighted by atomic mass is 16.2. The first-order valence-corrected chi connectivity index (χ1v) is 5.49. The van der Waals surface area contributed by atoms with E-state index in [2.05, 4.69) is 6.07 Å². The zero-order chi connectivity index (χ0) is 11.7. The predicted molar refractivity (Wildman–Crippen MR) is 59.0 cm³/mol. The predicted octanol–water partition coefficient (Wildman–Crippen LogP) is 2.33. The lowest BCUT2D eigenvalue weighted by Crippen LogP contribution is -2.53. The van der Waals surface area contributed by atoms with Crippen LogP contribution < -0.4 is 0 Å². The minimum absolute atomic E-state index is 0.00820. The summed E-state index contributed by atoms with van der Waals surface area (Å²) in [6.07, 6.45) is 3.22. The zero-order valence-corrected chi connectivity index (χ0v) is 10.1. The normalized spacial score (nSPS) is 18.9. The maximum Gasteiger partial charge on any atom is 0.224 e. The highest BCUT2D eigenvalue weighted by Gasteiger charge is 2.43. The number of hydrogen-bond donors (Lipinski definition) is 0. The van der Waals surface area contributed by atoms with Gasteiger partial charge >= 0.3 is 0 Å². The first-order valence-electron chi connectivity index (χ1n) is 5.49. The molecule has 0 aromatic rings. The molecule has 0 saturated heterocycles. The van der Waals surface area contributed by atoms with E-state index in [4.69, 9.17) is 5.26 Å². The van der Waals surface area contributed by atoms with Crippen molar-refractivity contribution in [2.45, 2.75) is 52.0 Å². The molecule has 3 nitrogen and oxygen atoms in total. The molecule has 1 saturated carbocycles. The second kappa shape index (κ2) is 3.84. The van der Waals surface area contributed by atoms with Crippen LogP contribution in [0.5, 0.6) is 0 Å². The van der Waals surface area contributed by atoms with Gasteiger partial charge in [0.25, 0.3) is 0 Å². The van der Waals surface area contributed by atoms with Gasteiger partial charge in [-0.3, -0.25) is 4.79 Å². The number of hydrogen-bond acceptors (Lipinski definition) is 2. The molecule has 1 aliphatic carbocycles. The van der Waals surface area contributed by atoms with Gasteiger partial charge in [-0.1, -0.05) is 20.8 Å². The van der Waals surface area contributed by atoms with Crippen LogP contribution in [0.4, 0.5) is 0 Å². The SMILES string of the molecule is CN(C(=O)CC(C)(C)C)C1(C#N)CCC1. The van der Waals surface area contributed by atoms with E-state index in [0.29, 0.717) is 6.42 Å². The maximum absolute atomic E-state index is 11.9. The van der Waals surface area contributed by atoms with Crippen molar-refractivity contribution in [2.24, 2.45) is 5.41 Å². The van der Waals surface area contributed by atoms with E-state index < -0.39 is 5.54 Å². The monoisotopic (exact) mass is 208 g/mol. The fraction of sp³-hybridized carbons (Fsp3) is 0.833. The minimum Gasteiger partial charge on any atom is -0.327 e. The van der Waals surface area contributed by atoms with Crippen LogP contribution in [0.2, 0.25) is 0 Å². The van der Waals surface area contributed by atoms with Gasteiger partial charge in [0.2, 0.25) is 5.91 Å². The summed E-state index contributed by atoms with van der Waals surface area (Å²) in [5.41, 5.74) is -0.506. The van der Waals surface area contributed by atoms with Gasteiger partial charge in [0.1, 0.15) is 5.54 Å². The first kappa shape index (κ1) is 12.0. The highest BCUT2D eigenvalue weighted by Crippen LogP contribution is 2.37. The molecule has 0 atom stereocenters. The summed E-state index contributed by atoms with van der Waals surface area (Å²) in [7, 11) is 1.76. The van der Waals surface area contributed by atoms with Crippen molar-refractivity contribution in [1.29, 1.82) is 5.26 Å². The summed E-state index contributed by atoms with van der Waals surface area (Å²) in [5.74, 6) is 0.0868. The molecule has 84 valence electrons. The van der Waals surface area contributed by atoms with Crippen molar-refractivity contribution in [3.8, 4) is 6.07 Å². The van der Waals surface area contributed by atoms with Crippen LogP contribution in [0.15, 0.2) is 0 Å². The molecule has 1 amide bonds. The van der Waals surface area contributed by atoms with E-state index in [-0.39, 0.29) is 11.3 Å². The third-order valence-corrected chi connectivity index (χ3v) is 3.09. The lowest BCUT2D eigenvalue weighted by Gasteiger charge is -2.43. The molecular weight excluding hydrogens is 188 g/mol. The number of nitriles is 1. The van der Waals surface area contributed by atoms with Crippen LogP contribution in [-0.2, 0) is 4.79 Å². The molecular formula is C12H20N2O. The number of amides is 1. The molecule has 0 aromatic carbocycles. The molecule has 3 heteroatoms. The average Bonchev–Trinajstić information content (AvgIpc) is 1.99. The number of rotatable bonds is 2. The van der Waals surface area contributed by atoms with Gasteiger partial charge in [0.15, 0.2) is 0 Å². The second-order valence-electron chi connectivity index (χ2n) is 5.69. The van der Waals surface area contributed by atoms with Crippen molar-refractivity contribution in [2.75, 3.05) is 7.05 Å². The summed E-state index contributed by atoms with van der Waals surface area (Å²) < 4.78 is 0. The Morgan fingerprint density at radius 1 is 1.47 bits per heavy atom. The van der Waals surface area contributed by atoms with E-state index in [1.165, 1.54) is 0 Å². The van der Waals surface area contributed by atoms with E-state index in [1.54, 1.807) is 11.9 Å². The molecule has 0 N–H and O–H groups in total. The number of nitrogens with zero attached hydrogens (tertiary/aromatic N) is 2. The molecule has 0 unspecified atom stereocenters. The van der Waals surface area contributed by atoms with Crippen LogP contribution in [-0.4, -0.2) is 23.4 Å². The van der Waals surface area contributed by atoms with Gasteiger partial charge in [-0.2, -0.15) is 5.26 Å². The molecule has 15 heavy (non-hydrogen) atoms. The Bertz CT molecular complexity index is 292. The Hall–Kier alpha value is -1.04. The fourth-order valence-corrected chi connectivity index (χ4v) is 1.84. The lowest BCUT2D eigenvalue weighted by atomic mass is 9.76. The van der Waals surface area contributed by atoms with Crippen molar-refractivity contribution in [3.63, 3.8) is 0 Å². The van der Waals surface area contributed by atoms with E-state index in [9.17, 15) is 4.79 Å². The third-order valence-electron chi connectivity index (χ3n) is 3.09. The van der Waals surface area contributed by atoms with E-state index in [0.717, 1.165) is 19.3 Å². The Balaban J connectivity index is 2.65. The van der Waals surface area contributed by atoms with Crippen LogP contribution >= 0.6 is 0 Å². The molecule has 0 bridgehead atoms. The number of carbonyl (C=O) groups excluding carboxylic acids is 1. The molecule has 1 fully saturated rings. The van der Waals surface area contributed by atoms with E-state index in [1.807, 2.05) is 20.8 Å². The quantitative estimate of drug-likeness (QED) is 0.699. The van der Waals surface area contributed by atoms with Crippen LogP contribution in [0.3, 0.4) is 0 Å². The molecule has 1 rings (SSSR count). The second-order valence-corrected chi connectivity index (χ2v) is 5.69. The van der Waals surface area contributed by atoms with Gasteiger partial charge in [-0.25, -0.2) is 0 Å². The van der Waals surface area contributed by atoms with Gasteiger partial charge in [0.05, 0.1) is 6.07 Å². The van der Waals surface area contributed by atoms with Crippen molar-refractivity contribution in [1.82, 2.24) is 4.90 Å². The summed E-state index contributed by atoms with van der Waals surface area (Å²) >= 11 is 0. The zero-order valence-electron chi connectivity index (χ0n) is 10.1. The highest BCUT2D eigenvalue weighted by molar-refractivity contribution is 5.78. The maximum atomic E-state index is 11.9. The average molecular weight is 208 g/mol. The largest absolute Gasteiger partial charge is 0.327 e.